The summed E-state index contributed by atoms with van der Waals surface area (Å²) in [6, 6.07) is 1.71. The Morgan fingerprint density at radius 1 is 1.50 bits per heavy atom. The molecule has 0 radical (unpaired) electrons. The summed E-state index contributed by atoms with van der Waals surface area (Å²) in [5.74, 6) is -0.112. The zero-order chi connectivity index (χ0) is 10.6. The monoisotopic (exact) mass is 205 g/mol. The number of nitrogens with two attached hydrogens (primary N) is 1. The Balaban J connectivity index is 3.06. The molecule has 0 atom stereocenters. The molecule has 1 aromatic rings. The van der Waals surface area contributed by atoms with Gasteiger partial charge in [0.25, 0.3) is 0 Å². The summed E-state index contributed by atoms with van der Waals surface area (Å²) in [7, 11) is 0. The third kappa shape index (κ3) is 2.00. The number of hydrogen-bond donors (Lipinski definition) is 1. The average molecular weight is 205 g/mol. The van der Waals surface area contributed by atoms with Crippen LogP contribution in [0, 0.1) is 0 Å². The summed E-state index contributed by atoms with van der Waals surface area (Å²) in [5.41, 5.74) is 6.68. The molecule has 0 fully saturated rings. The Bertz CT molecular complexity index is 401. The summed E-state index contributed by atoms with van der Waals surface area (Å²) >= 11 is 1.35. The minimum Gasteiger partial charge on any atom is -0.390 e. The first kappa shape index (κ1) is 10.5. The molecule has 0 unspecified atom stereocenters. The topological polar surface area (TPSA) is 43.1 Å². The SMILES string of the molecule is C=C/C=C(\C=C)C(=O)c1ccsc1N. The van der Waals surface area contributed by atoms with E-state index in [2.05, 4.69) is 13.2 Å². The highest BCUT2D eigenvalue weighted by Crippen LogP contribution is 2.22. The number of Topliss-reactive ketones (excluding diaryl/α,β-unsaturated/α-hetero) is 1. The summed E-state index contributed by atoms with van der Waals surface area (Å²) in [5, 5.41) is 2.32. The third-order valence-corrected chi connectivity index (χ3v) is 2.47. The second-order valence-corrected chi connectivity index (χ2v) is 3.54. The van der Waals surface area contributed by atoms with Gasteiger partial charge >= 0.3 is 0 Å². The molecule has 14 heavy (non-hydrogen) atoms. The van der Waals surface area contributed by atoms with Crippen LogP contribution in [0.1, 0.15) is 10.4 Å². The third-order valence-electron chi connectivity index (χ3n) is 1.72. The van der Waals surface area contributed by atoms with E-state index in [1.807, 2.05) is 0 Å². The summed E-state index contributed by atoms with van der Waals surface area (Å²) in [6.07, 6.45) is 4.67. The fourth-order valence-electron chi connectivity index (χ4n) is 1.03. The summed E-state index contributed by atoms with van der Waals surface area (Å²) in [6.45, 7) is 7.10. The minimum absolute atomic E-state index is 0.112. The standard InChI is InChI=1S/C11H11NOS/c1-3-5-8(4-2)10(13)9-6-7-14-11(9)12/h3-7H,1-2,12H2/b8-5+. The highest BCUT2D eigenvalue weighted by Gasteiger charge is 2.12. The lowest BCUT2D eigenvalue weighted by molar-refractivity contribution is 0.103. The lowest BCUT2D eigenvalue weighted by Crippen LogP contribution is -2.02. The van der Waals surface area contributed by atoms with Gasteiger partial charge in [-0.1, -0.05) is 31.4 Å². The van der Waals surface area contributed by atoms with Gasteiger partial charge in [-0.2, -0.15) is 0 Å². The molecule has 0 saturated heterocycles. The Kier molecular flexibility index (Phi) is 3.42. The van der Waals surface area contributed by atoms with Crippen molar-refractivity contribution >= 4 is 22.1 Å². The molecule has 2 nitrogen and oxygen atoms in total. The van der Waals surface area contributed by atoms with Gasteiger partial charge in [-0.05, 0) is 11.4 Å². The lowest BCUT2D eigenvalue weighted by atomic mass is 10.1. The molecule has 0 amide bonds. The molecule has 0 aliphatic carbocycles. The van der Waals surface area contributed by atoms with Gasteiger partial charge in [0.2, 0.25) is 0 Å². The first-order chi connectivity index (χ1) is 6.70. The van der Waals surface area contributed by atoms with E-state index in [1.54, 1.807) is 23.6 Å². The Morgan fingerprint density at radius 3 is 2.64 bits per heavy atom. The van der Waals surface area contributed by atoms with Crippen molar-refractivity contribution in [1.82, 2.24) is 0 Å². The number of nitrogen functional groups attached to an aromatic ring is 1. The van der Waals surface area contributed by atoms with Crippen LogP contribution in [0.15, 0.2) is 48.4 Å². The number of thiophene rings is 1. The summed E-state index contributed by atoms with van der Waals surface area (Å²) < 4.78 is 0. The molecule has 3 heteroatoms. The maximum Gasteiger partial charge on any atom is 0.195 e. The Hall–Kier alpha value is -1.61. The van der Waals surface area contributed by atoms with Gasteiger partial charge in [-0.25, -0.2) is 0 Å². The van der Waals surface area contributed by atoms with Crippen molar-refractivity contribution < 1.29 is 4.79 Å². The Labute approximate surface area is 87.1 Å². The molecule has 0 saturated carbocycles. The van der Waals surface area contributed by atoms with Crippen molar-refractivity contribution in [3.8, 4) is 0 Å². The van der Waals surface area contributed by atoms with Gasteiger partial charge in [0.1, 0.15) is 0 Å². The van der Waals surface area contributed by atoms with Gasteiger partial charge in [-0.15, -0.1) is 11.3 Å². The molecular formula is C11H11NOS. The molecule has 1 rings (SSSR count). The van der Waals surface area contributed by atoms with Gasteiger partial charge in [0.15, 0.2) is 5.78 Å². The van der Waals surface area contributed by atoms with Crippen LogP contribution in [0.3, 0.4) is 0 Å². The number of carbonyl (C=O) groups is 1. The Morgan fingerprint density at radius 2 is 2.21 bits per heavy atom. The van der Waals surface area contributed by atoms with Gasteiger partial charge in [-0.3, -0.25) is 4.79 Å². The molecule has 1 aromatic heterocycles. The van der Waals surface area contributed by atoms with Gasteiger partial charge in [0, 0.05) is 5.57 Å². The van der Waals surface area contributed by atoms with E-state index < -0.39 is 0 Å². The molecule has 72 valence electrons. The van der Waals surface area contributed by atoms with E-state index >= 15 is 0 Å². The molecule has 0 aliphatic heterocycles. The van der Waals surface area contributed by atoms with E-state index in [0.29, 0.717) is 16.1 Å². The zero-order valence-electron chi connectivity index (χ0n) is 7.69. The molecular weight excluding hydrogens is 194 g/mol. The fourth-order valence-corrected chi connectivity index (χ4v) is 1.67. The highest BCUT2D eigenvalue weighted by molar-refractivity contribution is 7.14. The van der Waals surface area contributed by atoms with Crippen LogP contribution < -0.4 is 5.73 Å². The van der Waals surface area contributed by atoms with E-state index in [1.165, 1.54) is 17.4 Å². The van der Waals surface area contributed by atoms with Crippen molar-refractivity contribution in [2.75, 3.05) is 5.73 Å². The maximum atomic E-state index is 11.8. The predicted molar refractivity (Wildman–Crippen MR) is 61.5 cm³/mol. The largest absolute Gasteiger partial charge is 0.390 e. The number of ketones is 1. The lowest BCUT2D eigenvalue weighted by Gasteiger charge is -1.99. The highest BCUT2D eigenvalue weighted by atomic mass is 32.1. The quantitative estimate of drug-likeness (QED) is 0.466. The predicted octanol–water partition coefficient (Wildman–Crippen LogP) is 2.81. The number of anilines is 1. The zero-order valence-corrected chi connectivity index (χ0v) is 8.51. The number of allylic oxidation sites excluding steroid dienone is 4. The molecule has 2 N–H and O–H groups in total. The number of hydrogen-bond acceptors (Lipinski definition) is 3. The fraction of sp³-hybridized carbons (Fsp3) is 0. The van der Waals surface area contributed by atoms with Crippen LogP contribution >= 0.6 is 11.3 Å². The van der Waals surface area contributed by atoms with Crippen molar-refractivity contribution in [2.24, 2.45) is 0 Å². The normalized spacial score (nSPS) is 11.0. The van der Waals surface area contributed by atoms with Crippen LogP contribution in [0.5, 0.6) is 0 Å². The first-order valence-corrected chi connectivity index (χ1v) is 4.91. The van der Waals surface area contributed by atoms with E-state index in [4.69, 9.17) is 5.73 Å². The molecule has 0 aromatic carbocycles. The van der Waals surface area contributed by atoms with Crippen molar-refractivity contribution in [1.29, 1.82) is 0 Å². The van der Waals surface area contributed by atoms with E-state index in [9.17, 15) is 4.79 Å². The second-order valence-electron chi connectivity index (χ2n) is 2.59. The van der Waals surface area contributed by atoms with E-state index in [0.717, 1.165) is 0 Å². The van der Waals surface area contributed by atoms with Crippen molar-refractivity contribution in [3.05, 3.63) is 54.0 Å². The maximum absolute atomic E-state index is 11.8. The number of rotatable bonds is 4. The smallest absolute Gasteiger partial charge is 0.195 e. The molecule has 0 spiro atoms. The van der Waals surface area contributed by atoms with Crippen LogP contribution in [0.4, 0.5) is 5.00 Å². The first-order valence-electron chi connectivity index (χ1n) is 4.03. The van der Waals surface area contributed by atoms with Crippen LogP contribution in [0.2, 0.25) is 0 Å². The average Bonchev–Trinajstić information content (AvgIpc) is 2.59. The molecule has 1 heterocycles. The molecule has 0 aliphatic rings. The summed E-state index contributed by atoms with van der Waals surface area (Å²) in [4.78, 5) is 11.8. The minimum atomic E-state index is -0.112. The van der Waals surface area contributed by atoms with Crippen LogP contribution in [0.25, 0.3) is 0 Å². The van der Waals surface area contributed by atoms with E-state index in [-0.39, 0.29) is 5.78 Å². The van der Waals surface area contributed by atoms with Gasteiger partial charge < -0.3 is 5.73 Å². The molecule has 0 bridgehead atoms. The number of carbonyl (C=O) groups excluding carboxylic acids is 1. The second kappa shape index (κ2) is 4.58. The van der Waals surface area contributed by atoms with Crippen molar-refractivity contribution in [3.63, 3.8) is 0 Å². The van der Waals surface area contributed by atoms with Crippen LogP contribution in [-0.2, 0) is 0 Å². The van der Waals surface area contributed by atoms with Crippen molar-refractivity contribution in [2.45, 2.75) is 0 Å². The van der Waals surface area contributed by atoms with Crippen LogP contribution in [-0.4, -0.2) is 5.78 Å². The van der Waals surface area contributed by atoms with Gasteiger partial charge in [0.05, 0.1) is 10.6 Å².